The van der Waals surface area contributed by atoms with Crippen molar-refractivity contribution < 1.29 is 27.2 Å². The van der Waals surface area contributed by atoms with Crippen LogP contribution in [0, 0.1) is 0 Å². The Kier molecular flexibility index (Phi) is 11.1. The summed E-state index contributed by atoms with van der Waals surface area (Å²) >= 11 is 0. The van der Waals surface area contributed by atoms with Crippen LogP contribution >= 0.6 is 15.2 Å². The molecule has 8 heteroatoms. The predicted octanol–water partition coefficient (Wildman–Crippen LogP) is 6.81. The van der Waals surface area contributed by atoms with Crippen LogP contribution in [0.4, 0.5) is 0 Å². The fourth-order valence-corrected chi connectivity index (χ4v) is 8.91. The van der Waals surface area contributed by atoms with Gasteiger partial charge in [-0.25, -0.2) is 0 Å². The minimum atomic E-state index is -3.92. The van der Waals surface area contributed by atoms with Gasteiger partial charge >= 0.3 is 15.2 Å². The van der Waals surface area contributed by atoms with Crippen molar-refractivity contribution in [2.24, 2.45) is 0 Å². The summed E-state index contributed by atoms with van der Waals surface area (Å²) < 4.78 is 51.5. The molecule has 1 rings (SSSR count). The molecule has 0 unspecified atom stereocenters. The highest BCUT2D eigenvalue weighted by Crippen LogP contribution is 2.80. The van der Waals surface area contributed by atoms with Crippen molar-refractivity contribution in [3.63, 3.8) is 0 Å². The second kappa shape index (κ2) is 12.2. The van der Waals surface area contributed by atoms with Gasteiger partial charge in [-0.15, -0.1) is 0 Å². The van der Waals surface area contributed by atoms with Crippen molar-refractivity contribution in [1.82, 2.24) is 0 Å². The van der Waals surface area contributed by atoms with Crippen molar-refractivity contribution in [2.45, 2.75) is 59.3 Å². The minimum absolute atomic E-state index is 0.154. The van der Waals surface area contributed by atoms with Gasteiger partial charge in [-0.3, -0.25) is 9.13 Å². The normalized spacial score (nSPS) is 12.8. The molecule has 0 N–H and O–H groups in total. The van der Waals surface area contributed by atoms with Gasteiger partial charge in [0.05, 0.1) is 26.4 Å². The van der Waals surface area contributed by atoms with E-state index in [1.165, 1.54) is 0 Å². The van der Waals surface area contributed by atoms with Gasteiger partial charge in [0.1, 0.15) is 0 Å². The third kappa shape index (κ3) is 6.37. The Balaban J connectivity index is 3.84. The van der Waals surface area contributed by atoms with Crippen LogP contribution in [0.3, 0.4) is 0 Å². The summed E-state index contributed by atoms with van der Waals surface area (Å²) in [6.07, 6.45) is 2.25. The van der Waals surface area contributed by atoms with Crippen molar-refractivity contribution >= 4 is 15.2 Å². The first-order valence-electron chi connectivity index (χ1n) is 10.2. The number of rotatable bonds is 14. The lowest BCUT2D eigenvalue weighted by Crippen LogP contribution is -2.35. The van der Waals surface area contributed by atoms with E-state index in [1.54, 1.807) is 27.7 Å². The maximum absolute atomic E-state index is 14.2. The Labute approximate surface area is 176 Å². The van der Waals surface area contributed by atoms with Gasteiger partial charge < -0.3 is 18.1 Å². The molecular weight excluding hydrogens is 410 g/mol. The molecule has 0 aromatic heterocycles. The predicted molar refractivity (Wildman–Crippen MR) is 119 cm³/mol. The van der Waals surface area contributed by atoms with Crippen LogP contribution in [0.15, 0.2) is 42.0 Å². The summed E-state index contributed by atoms with van der Waals surface area (Å²) in [5, 5.41) is 0. The largest absolute Gasteiger partial charge is 0.349 e. The van der Waals surface area contributed by atoms with E-state index in [1.807, 2.05) is 50.3 Å². The average molecular weight is 446 g/mol. The van der Waals surface area contributed by atoms with Gasteiger partial charge in [-0.1, -0.05) is 42.0 Å². The second-order valence-corrected chi connectivity index (χ2v) is 11.9. The molecule has 0 heterocycles. The van der Waals surface area contributed by atoms with Gasteiger partial charge in [0, 0.05) is 6.42 Å². The summed E-state index contributed by atoms with van der Waals surface area (Å²) in [7, 11) is -7.84. The fourth-order valence-electron chi connectivity index (χ4n) is 3.16. The molecule has 0 fully saturated rings. The molecule has 0 aliphatic carbocycles. The molecule has 0 amide bonds. The number of benzene rings is 1. The van der Waals surface area contributed by atoms with Crippen LogP contribution in [0.5, 0.6) is 0 Å². The van der Waals surface area contributed by atoms with E-state index < -0.39 is 20.1 Å². The summed E-state index contributed by atoms with van der Waals surface area (Å²) in [5.74, 6) is 0. The molecule has 29 heavy (non-hydrogen) atoms. The van der Waals surface area contributed by atoms with Gasteiger partial charge in [-0.05, 0) is 53.5 Å². The molecule has 0 aliphatic heterocycles. The van der Waals surface area contributed by atoms with Crippen LogP contribution in [-0.2, 0) is 33.6 Å². The fraction of sp³-hybridized carbons (Fsp3) is 0.619. The number of hydrogen-bond donors (Lipinski definition) is 0. The summed E-state index contributed by atoms with van der Waals surface area (Å²) in [5.41, 5.74) is 1.86. The third-order valence-corrected chi connectivity index (χ3v) is 11.0. The highest BCUT2D eigenvalue weighted by molar-refractivity contribution is 7.74. The van der Waals surface area contributed by atoms with Crippen LogP contribution < -0.4 is 0 Å². The first kappa shape index (κ1) is 26.3. The molecule has 1 aromatic rings. The first-order chi connectivity index (χ1) is 13.7. The van der Waals surface area contributed by atoms with Crippen LogP contribution in [-0.4, -0.2) is 31.3 Å². The zero-order valence-electron chi connectivity index (χ0n) is 18.6. The zero-order chi connectivity index (χ0) is 22.0. The molecule has 0 radical (unpaired) electrons. The molecule has 0 aliphatic rings. The van der Waals surface area contributed by atoms with Gasteiger partial charge in [0.25, 0.3) is 0 Å². The minimum Gasteiger partial charge on any atom is -0.308 e. The SMILES string of the molecule is CCOP(=O)(OCC)C(CC=C(C)C)(Cc1ccccc1)P(=O)(OCC)OCC. The molecule has 1 aromatic carbocycles. The monoisotopic (exact) mass is 446 g/mol. The molecule has 0 saturated carbocycles. The lowest BCUT2D eigenvalue weighted by Gasteiger charge is -2.42. The smallest absolute Gasteiger partial charge is 0.308 e. The zero-order valence-corrected chi connectivity index (χ0v) is 20.3. The quantitative estimate of drug-likeness (QED) is 0.231. The Morgan fingerprint density at radius 1 is 0.828 bits per heavy atom. The van der Waals surface area contributed by atoms with Crippen molar-refractivity contribution in [2.75, 3.05) is 26.4 Å². The summed E-state index contributed by atoms with van der Waals surface area (Å²) in [4.78, 5) is -1.50. The van der Waals surface area contributed by atoms with E-state index >= 15 is 0 Å². The molecule has 0 atom stereocenters. The van der Waals surface area contributed by atoms with Crippen molar-refractivity contribution in [1.29, 1.82) is 0 Å². The van der Waals surface area contributed by atoms with E-state index in [-0.39, 0.29) is 39.3 Å². The van der Waals surface area contributed by atoms with E-state index in [0.29, 0.717) is 0 Å². The van der Waals surface area contributed by atoms with Gasteiger partial charge in [0.15, 0.2) is 4.90 Å². The molecule has 166 valence electrons. The van der Waals surface area contributed by atoms with E-state index in [4.69, 9.17) is 18.1 Å². The summed E-state index contributed by atoms with van der Waals surface area (Å²) in [6, 6.07) is 9.49. The lowest BCUT2D eigenvalue weighted by molar-refractivity contribution is 0.176. The first-order valence-corrected chi connectivity index (χ1v) is 13.3. The molecule has 0 saturated heterocycles. The van der Waals surface area contributed by atoms with Crippen LogP contribution in [0.1, 0.15) is 53.5 Å². The van der Waals surface area contributed by atoms with E-state index in [0.717, 1.165) is 11.1 Å². The molecule has 6 nitrogen and oxygen atoms in total. The van der Waals surface area contributed by atoms with E-state index in [9.17, 15) is 9.13 Å². The standard InChI is InChI=1S/C21H36O6P2/c1-7-24-28(22,25-8-2)21(17-16-19(5)6,18-20-14-12-11-13-15-20)29(23,26-9-3)27-10-4/h11-16H,7-10,17-18H2,1-6H3. The van der Waals surface area contributed by atoms with Crippen LogP contribution in [0.25, 0.3) is 0 Å². The van der Waals surface area contributed by atoms with Gasteiger partial charge in [0.2, 0.25) is 0 Å². The third-order valence-electron chi connectivity index (χ3n) is 4.38. The Hall–Kier alpha value is -0.740. The summed E-state index contributed by atoms with van der Waals surface area (Å²) in [6.45, 7) is 11.5. The topological polar surface area (TPSA) is 71.1 Å². The lowest BCUT2D eigenvalue weighted by atomic mass is 10.1. The number of hydrogen-bond acceptors (Lipinski definition) is 6. The Morgan fingerprint density at radius 3 is 1.59 bits per heavy atom. The highest BCUT2D eigenvalue weighted by Gasteiger charge is 2.64. The second-order valence-electron chi connectivity index (χ2n) is 6.80. The van der Waals surface area contributed by atoms with Crippen molar-refractivity contribution in [3.8, 4) is 0 Å². The number of allylic oxidation sites excluding steroid dienone is 2. The highest BCUT2D eigenvalue weighted by atomic mass is 31.2. The molecular formula is C21H36O6P2. The van der Waals surface area contributed by atoms with Crippen LogP contribution in [0.2, 0.25) is 0 Å². The van der Waals surface area contributed by atoms with Crippen molar-refractivity contribution in [3.05, 3.63) is 47.5 Å². The molecule has 0 bridgehead atoms. The maximum atomic E-state index is 14.2. The average Bonchev–Trinajstić information content (AvgIpc) is 2.66. The van der Waals surface area contributed by atoms with Gasteiger partial charge in [-0.2, -0.15) is 0 Å². The molecule has 0 spiro atoms. The van der Waals surface area contributed by atoms with E-state index in [2.05, 4.69) is 0 Å². The Morgan fingerprint density at radius 2 is 1.24 bits per heavy atom. The Bertz CT molecular complexity index is 678. The maximum Gasteiger partial charge on any atom is 0.349 e.